The summed E-state index contributed by atoms with van der Waals surface area (Å²) in [6.07, 6.45) is 4.19. The second-order valence-corrected chi connectivity index (χ2v) is 4.19. The van der Waals surface area contributed by atoms with Crippen LogP contribution < -0.4 is 5.32 Å². The number of benzene rings is 1. The molecule has 19 heavy (non-hydrogen) atoms. The predicted molar refractivity (Wildman–Crippen MR) is 71.6 cm³/mol. The van der Waals surface area contributed by atoms with Crippen LogP contribution in [0.5, 0.6) is 0 Å². The Morgan fingerprint density at radius 1 is 1.32 bits per heavy atom. The van der Waals surface area contributed by atoms with Gasteiger partial charge in [0.1, 0.15) is 5.82 Å². The number of hydrogen-bond acceptors (Lipinski definition) is 3. The summed E-state index contributed by atoms with van der Waals surface area (Å²) in [5.41, 5.74) is 1.91. The molecule has 1 amide bonds. The van der Waals surface area contributed by atoms with Gasteiger partial charge in [-0.25, -0.2) is 9.97 Å². The second-order valence-electron chi connectivity index (χ2n) is 4.19. The normalized spacial score (nSPS) is 10.7. The first-order chi connectivity index (χ1) is 9.31. The first-order valence-electron chi connectivity index (χ1n) is 6.04. The number of hydrogen-bond donors (Lipinski definition) is 3. The van der Waals surface area contributed by atoms with Gasteiger partial charge in [-0.15, -0.1) is 0 Å². The van der Waals surface area contributed by atoms with Gasteiger partial charge in [-0.05, 0) is 12.1 Å². The molecule has 0 atom stereocenters. The number of fused-ring (bicyclic) bond motifs is 1. The molecule has 0 bridgehead atoms. The van der Waals surface area contributed by atoms with Crippen LogP contribution in [-0.4, -0.2) is 25.8 Å². The smallest absolute Gasteiger partial charge is 0.227 e. The summed E-state index contributed by atoms with van der Waals surface area (Å²) in [4.78, 5) is 26.1. The number of aromatic nitrogens is 4. The fraction of sp³-hybridized carbons (Fsp3) is 0.154. The Bertz CT molecular complexity index is 653. The Balaban J connectivity index is 1.61. The zero-order valence-electron chi connectivity index (χ0n) is 10.2. The minimum absolute atomic E-state index is 0.0876. The molecule has 6 nitrogen and oxygen atoms in total. The van der Waals surface area contributed by atoms with E-state index in [-0.39, 0.29) is 5.91 Å². The average Bonchev–Trinajstić information content (AvgIpc) is 3.04. The zero-order chi connectivity index (χ0) is 13.1. The van der Waals surface area contributed by atoms with E-state index in [9.17, 15) is 4.79 Å². The van der Waals surface area contributed by atoms with Gasteiger partial charge in [-0.1, -0.05) is 12.1 Å². The van der Waals surface area contributed by atoms with Crippen LogP contribution in [0.3, 0.4) is 0 Å². The molecule has 0 fully saturated rings. The molecular formula is C13H13N5O. The van der Waals surface area contributed by atoms with Gasteiger partial charge in [-0.3, -0.25) is 10.1 Å². The van der Waals surface area contributed by atoms with Crippen molar-refractivity contribution in [2.45, 2.75) is 12.8 Å². The summed E-state index contributed by atoms with van der Waals surface area (Å²) in [6.45, 7) is 0. The van der Waals surface area contributed by atoms with Gasteiger partial charge in [0, 0.05) is 25.2 Å². The maximum atomic E-state index is 11.7. The standard InChI is InChI=1S/C13H13N5O/c19-12(18-13-14-7-8-15-13)6-5-11-16-9-3-1-2-4-10(9)17-11/h1-4,7-8H,5-6H2,(H,16,17)(H2,14,15,18,19). The third-order valence-corrected chi connectivity index (χ3v) is 2.78. The number of H-pyrrole nitrogens is 2. The molecule has 0 aliphatic heterocycles. The SMILES string of the molecule is O=C(CCc1nc2ccccc2[nH]1)Nc1ncc[nH]1. The van der Waals surface area contributed by atoms with Gasteiger partial charge < -0.3 is 9.97 Å². The lowest BCUT2D eigenvalue weighted by molar-refractivity contribution is -0.116. The number of rotatable bonds is 4. The largest absolute Gasteiger partial charge is 0.342 e. The maximum Gasteiger partial charge on any atom is 0.227 e. The number of nitrogens with one attached hydrogen (secondary N) is 3. The van der Waals surface area contributed by atoms with Gasteiger partial charge >= 0.3 is 0 Å². The quantitative estimate of drug-likeness (QED) is 0.665. The number of imidazole rings is 2. The van der Waals surface area contributed by atoms with Crippen LogP contribution in [0.2, 0.25) is 0 Å². The molecule has 0 saturated heterocycles. The third kappa shape index (κ3) is 2.62. The second kappa shape index (κ2) is 4.93. The van der Waals surface area contributed by atoms with E-state index in [2.05, 4.69) is 25.3 Å². The van der Waals surface area contributed by atoms with Crippen molar-refractivity contribution in [2.75, 3.05) is 5.32 Å². The van der Waals surface area contributed by atoms with Gasteiger partial charge in [0.25, 0.3) is 0 Å². The number of nitrogens with zero attached hydrogens (tertiary/aromatic N) is 2. The summed E-state index contributed by atoms with van der Waals surface area (Å²) in [5, 5.41) is 2.68. The highest BCUT2D eigenvalue weighted by molar-refractivity contribution is 5.89. The molecule has 0 aliphatic carbocycles. The Morgan fingerprint density at radius 2 is 2.21 bits per heavy atom. The van der Waals surface area contributed by atoms with Crippen molar-refractivity contribution >= 4 is 22.9 Å². The molecular weight excluding hydrogens is 242 g/mol. The Kier molecular flexibility index (Phi) is 2.97. The molecule has 6 heteroatoms. The van der Waals surface area contributed by atoms with Crippen LogP contribution in [-0.2, 0) is 11.2 Å². The van der Waals surface area contributed by atoms with Crippen LogP contribution in [0, 0.1) is 0 Å². The number of amides is 1. The van der Waals surface area contributed by atoms with Crippen molar-refractivity contribution in [1.82, 2.24) is 19.9 Å². The highest BCUT2D eigenvalue weighted by Crippen LogP contribution is 2.11. The van der Waals surface area contributed by atoms with Crippen molar-refractivity contribution in [3.8, 4) is 0 Å². The molecule has 0 radical (unpaired) electrons. The zero-order valence-corrected chi connectivity index (χ0v) is 10.2. The minimum Gasteiger partial charge on any atom is -0.342 e. The molecule has 0 saturated carbocycles. The number of aromatic amines is 2. The van der Waals surface area contributed by atoms with Gasteiger partial charge in [0.05, 0.1) is 11.0 Å². The molecule has 0 unspecified atom stereocenters. The van der Waals surface area contributed by atoms with E-state index in [1.807, 2.05) is 24.3 Å². The van der Waals surface area contributed by atoms with E-state index in [0.717, 1.165) is 16.9 Å². The molecule has 96 valence electrons. The lowest BCUT2D eigenvalue weighted by Crippen LogP contribution is -2.13. The summed E-state index contributed by atoms with van der Waals surface area (Å²) < 4.78 is 0. The van der Waals surface area contributed by atoms with Crippen LogP contribution in [0.1, 0.15) is 12.2 Å². The fourth-order valence-corrected chi connectivity index (χ4v) is 1.88. The van der Waals surface area contributed by atoms with Crippen molar-refractivity contribution in [2.24, 2.45) is 0 Å². The van der Waals surface area contributed by atoms with E-state index in [1.165, 1.54) is 0 Å². The number of carbonyl (C=O) groups is 1. The fourth-order valence-electron chi connectivity index (χ4n) is 1.88. The molecule has 2 aromatic heterocycles. The molecule has 3 rings (SSSR count). The van der Waals surface area contributed by atoms with Gasteiger partial charge in [0.2, 0.25) is 11.9 Å². The number of anilines is 1. The van der Waals surface area contributed by atoms with Crippen molar-refractivity contribution < 1.29 is 4.79 Å². The molecule has 2 heterocycles. The van der Waals surface area contributed by atoms with Crippen LogP contribution in [0.15, 0.2) is 36.7 Å². The molecule has 3 N–H and O–H groups in total. The summed E-state index contributed by atoms with van der Waals surface area (Å²) in [5.74, 6) is 1.20. The van der Waals surface area contributed by atoms with Gasteiger partial charge in [0.15, 0.2) is 0 Å². The first-order valence-corrected chi connectivity index (χ1v) is 6.04. The average molecular weight is 255 g/mol. The summed E-state index contributed by atoms with van der Waals surface area (Å²) >= 11 is 0. The van der Waals surface area contributed by atoms with Crippen molar-refractivity contribution in [1.29, 1.82) is 0 Å². The van der Waals surface area contributed by atoms with Crippen LogP contribution in [0.4, 0.5) is 5.95 Å². The molecule has 0 aliphatic rings. The van der Waals surface area contributed by atoms with Gasteiger partial charge in [-0.2, -0.15) is 0 Å². The molecule has 3 aromatic rings. The van der Waals surface area contributed by atoms with E-state index >= 15 is 0 Å². The summed E-state index contributed by atoms with van der Waals surface area (Å²) in [6, 6.07) is 7.80. The highest BCUT2D eigenvalue weighted by atomic mass is 16.1. The van der Waals surface area contributed by atoms with E-state index < -0.39 is 0 Å². The number of carbonyl (C=O) groups excluding carboxylic acids is 1. The number of para-hydroxylation sites is 2. The summed E-state index contributed by atoms with van der Waals surface area (Å²) in [7, 11) is 0. The lowest BCUT2D eigenvalue weighted by atomic mass is 10.3. The van der Waals surface area contributed by atoms with Crippen LogP contribution >= 0.6 is 0 Å². The van der Waals surface area contributed by atoms with E-state index in [4.69, 9.17) is 0 Å². The van der Waals surface area contributed by atoms with Crippen molar-refractivity contribution in [3.05, 3.63) is 42.5 Å². The highest BCUT2D eigenvalue weighted by Gasteiger charge is 2.07. The maximum absolute atomic E-state index is 11.7. The lowest BCUT2D eigenvalue weighted by Gasteiger charge is -1.99. The number of aryl methyl sites for hydroxylation is 1. The Morgan fingerprint density at radius 3 is 3.00 bits per heavy atom. The topological polar surface area (TPSA) is 86.5 Å². The molecule has 0 spiro atoms. The van der Waals surface area contributed by atoms with Crippen LogP contribution in [0.25, 0.3) is 11.0 Å². The van der Waals surface area contributed by atoms with E-state index in [0.29, 0.717) is 18.8 Å². The van der Waals surface area contributed by atoms with Crippen molar-refractivity contribution in [3.63, 3.8) is 0 Å². The third-order valence-electron chi connectivity index (χ3n) is 2.78. The Hall–Kier alpha value is -2.63. The first kappa shape index (κ1) is 11.5. The minimum atomic E-state index is -0.0876. The van der Waals surface area contributed by atoms with E-state index in [1.54, 1.807) is 12.4 Å². The molecule has 1 aromatic carbocycles. The monoisotopic (exact) mass is 255 g/mol. The Labute approximate surface area is 109 Å². The predicted octanol–water partition coefficient (Wildman–Crippen LogP) is 1.86.